The van der Waals surface area contributed by atoms with Gasteiger partial charge < -0.3 is 15.5 Å². The van der Waals surface area contributed by atoms with E-state index in [2.05, 4.69) is 23.8 Å². The van der Waals surface area contributed by atoms with E-state index >= 15 is 0 Å². The number of benzene rings is 1. The Morgan fingerprint density at radius 3 is 2.58 bits per heavy atom. The number of rotatable bonds is 2. The standard InChI is InChI=1S/C13H21N3O2S/c1-10-9-15(2)7-8-16(10)11-5-4-6-12(13(11)14)19(3,17)18/h4-6,10H,7-9,14H2,1-3H3. The van der Waals surface area contributed by atoms with Crippen molar-refractivity contribution in [3.8, 4) is 0 Å². The van der Waals surface area contributed by atoms with E-state index in [-0.39, 0.29) is 4.90 Å². The number of nitrogens with zero attached hydrogens (tertiary/aromatic N) is 2. The van der Waals surface area contributed by atoms with Crippen LogP contribution in [0.5, 0.6) is 0 Å². The molecule has 1 unspecified atom stereocenters. The molecule has 1 atom stereocenters. The van der Waals surface area contributed by atoms with Gasteiger partial charge in [-0.25, -0.2) is 8.42 Å². The Hall–Kier alpha value is -1.27. The van der Waals surface area contributed by atoms with E-state index < -0.39 is 9.84 Å². The molecule has 2 N–H and O–H groups in total. The maximum atomic E-state index is 11.7. The lowest BCUT2D eigenvalue weighted by molar-refractivity contribution is 0.275. The second-order valence-electron chi connectivity index (χ2n) is 5.27. The van der Waals surface area contributed by atoms with Crippen LogP contribution in [0.3, 0.4) is 0 Å². The predicted octanol–water partition coefficient (Wildman–Crippen LogP) is 0.813. The number of hydrogen-bond acceptors (Lipinski definition) is 5. The minimum atomic E-state index is -3.28. The van der Waals surface area contributed by atoms with Gasteiger partial charge >= 0.3 is 0 Å². The number of piperazine rings is 1. The number of nitrogens with two attached hydrogens (primary N) is 1. The van der Waals surface area contributed by atoms with E-state index in [1.807, 2.05) is 6.07 Å². The maximum absolute atomic E-state index is 11.7. The quantitative estimate of drug-likeness (QED) is 0.814. The minimum Gasteiger partial charge on any atom is -0.396 e. The first-order valence-electron chi connectivity index (χ1n) is 6.34. The van der Waals surface area contributed by atoms with E-state index in [1.165, 1.54) is 6.26 Å². The van der Waals surface area contributed by atoms with Gasteiger partial charge in [-0.05, 0) is 26.1 Å². The van der Waals surface area contributed by atoms with Crippen LogP contribution >= 0.6 is 0 Å². The molecule has 2 rings (SSSR count). The summed E-state index contributed by atoms with van der Waals surface area (Å²) in [6, 6.07) is 5.53. The van der Waals surface area contributed by atoms with Crippen LogP contribution in [0, 0.1) is 0 Å². The molecule has 1 aliphatic heterocycles. The zero-order valence-electron chi connectivity index (χ0n) is 11.6. The monoisotopic (exact) mass is 283 g/mol. The van der Waals surface area contributed by atoms with Gasteiger partial charge in [0.05, 0.1) is 16.3 Å². The molecule has 1 aromatic rings. The van der Waals surface area contributed by atoms with Crippen molar-refractivity contribution in [2.75, 3.05) is 43.6 Å². The molecular formula is C13H21N3O2S. The van der Waals surface area contributed by atoms with Crippen molar-refractivity contribution in [2.24, 2.45) is 0 Å². The topological polar surface area (TPSA) is 66.6 Å². The van der Waals surface area contributed by atoms with Gasteiger partial charge in [0.2, 0.25) is 0 Å². The van der Waals surface area contributed by atoms with Gasteiger partial charge in [-0.1, -0.05) is 6.07 Å². The molecule has 106 valence electrons. The van der Waals surface area contributed by atoms with Crippen molar-refractivity contribution in [3.05, 3.63) is 18.2 Å². The molecule has 1 saturated heterocycles. The van der Waals surface area contributed by atoms with Gasteiger partial charge in [0, 0.05) is 31.9 Å². The Labute approximate surface area is 114 Å². The zero-order valence-corrected chi connectivity index (χ0v) is 12.4. The molecule has 5 nitrogen and oxygen atoms in total. The molecule has 1 aromatic carbocycles. The summed E-state index contributed by atoms with van der Waals surface area (Å²) in [5, 5.41) is 0. The van der Waals surface area contributed by atoms with Crippen molar-refractivity contribution in [3.63, 3.8) is 0 Å². The van der Waals surface area contributed by atoms with Crippen LogP contribution in [-0.4, -0.2) is 52.3 Å². The van der Waals surface area contributed by atoms with Gasteiger partial charge in [-0.15, -0.1) is 0 Å². The average Bonchev–Trinajstić information content (AvgIpc) is 2.28. The second-order valence-corrected chi connectivity index (χ2v) is 7.25. The number of sulfone groups is 1. The molecule has 0 aliphatic carbocycles. The Morgan fingerprint density at radius 1 is 1.32 bits per heavy atom. The molecule has 1 heterocycles. The van der Waals surface area contributed by atoms with Crippen LogP contribution < -0.4 is 10.6 Å². The number of nitrogen functional groups attached to an aromatic ring is 1. The van der Waals surface area contributed by atoms with Crippen molar-refractivity contribution in [1.29, 1.82) is 0 Å². The highest BCUT2D eigenvalue weighted by atomic mass is 32.2. The van der Waals surface area contributed by atoms with Gasteiger partial charge in [0.15, 0.2) is 9.84 Å². The largest absolute Gasteiger partial charge is 0.396 e. The van der Waals surface area contributed by atoms with E-state index in [4.69, 9.17) is 5.73 Å². The number of para-hydroxylation sites is 1. The van der Waals surface area contributed by atoms with Gasteiger partial charge in [-0.3, -0.25) is 0 Å². The molecule has 1 aliphatic rings. The van der Waals surface area contributed by atoms with Crippen LogP contribution in [0.2, 0.25) is 0 Å². The predicted molar refractivity (Wildman–Crippen MR) is 78.3 cm³/mol. The lowest BCUT2D eigenvalue weighted by atomic mass is 10.1. The number of likely N-dealkylation sites (N-methyl/N-ethyl adjacent to an activating group) is 1. The van der Waals surface area contributed by atoms with Crippen LogP contribution in [0.25, 0.3) is 0 Å². The fourth-order valence-electron chi connectivity index (χ4n) is 2.60. The maximum Gasteiger partial charge on any atom is 0.177 e. The zero-order chi connectivity index (χ0) is 14.2. The molecule has 6 heteroatoms. The molecule has 0 bridgehead atoms. The van der Waals surface area contributed by atoms with Gasteiger partial charge in [0.25, 0.3) is 0 Å². The number of hydrogen-bond donors (Lipinski definition) is 1. The summed E-state index contributed by atoms with van der Waals surface area (Å²) in [7, 11) is -1.20. The fraction of sp³-hybridized carbons (Fsp3) is 0.538. The summed E-state index contributed by atoms with van der Waals surface area (Å²) in [6.45, 7) is 4.88. The molecular weight excluding hydrogens is 262 g/mol. The molecule has 0 amide bonds. The van der Waals surface area contributed by atoms with Crippen molar-refractivity contribution < 1.29 is 8.42 Å². The lowest BCUT2D eigenvalue weighted by Crippen LogP contribution is -2.50. The Balaban J connectivity index is 2.41. The highest BCUT2D eigenvalue weighted by molar-refractivity contribution is 7.90. The fourth-order valence-corrected chi connectivity index (χ4v) is 3.43. The summed E-state index contributed by atoms with van der Waals surface area (Å²) in [4.78, 5) is 4.66. The molecule has 0 spiro atoms. The Bertz CT molecular complexity index is 571. The SMILES string of the molecule is CC1CN(C)CCN1c1cccc(S(C)(=O)=O)c1N. The van der Waals surface area contributed by atoms with Crippen LogP contribution in [0.1, 0.15) is 6.92 Å². The summed E-state index contributed by atoms with van der Waals surface area (Å²) < 4.78 is 23.4. The lowest BCUT2D eigenvalue weighted by Gasteiger charge is -2.40. The van der Waals surface area contributed by atoms with E-state index in [9.17, 15) is 8.42 Å². The van der Waals surface area contributed by atoms with Crippen molar-refractivity contribution in [1.82, 2.24) is 4.90 Å². The van der Waals surface area contributed by atoms with Crippen molar-refractivity contribution in [2.45, 2.75) is 17.9 Å². The van der Waals surface area contributed by atoms with Crippen LogP contribution in [-0.2, 0) is 9.84 Å². The minimum absolute atomic E-state index is 0.219. The third kappa shape index (κ3) is 2.84. The first-order valence-corrected chi connectivity index (χ1v) is 8.23. The smallest absolute Gasteiger partial charge is 0.177 e. The Kier molecular flexibility index (Phi) is 3.73. The first-order chi connectivity index (χ1) is 8.80. The van der Waals surface area contributed by atoms with Crippen LogP contribution in [0.4, 0.5) is 11.4 Å². The molecule has 0 aromatic heterocycles. The summed E-state index contributed by atoms with van der Waals surface area (Å²) in [5.41, 5.74) is 7.25. The highest BCUT2D eigenvalue weighted by Crippen LogP contribution is 2.31. The summed E-state index contributed by atoms with van der Waals surface area (Å²) in [5.74, 6) is 0. The molecule has 0 saturated carbocycles. The Morgan fingerprint density at radius 2 is 2.00 bits per heavy atom. The second kappa shape index (κ2) is 5.02. The third-order valence-corrected chi connectivity index (χ3v) is 4.74. The average molecular weight is 283 g/mol. The van der Waals surface area contributed by atoms with Gasteiger partial charge in [0.1, 0.15) is 0 Å². The normalized spacial score (nSPS) is 21.6. The van der Waals surface area contributed by atoms with E-state index in [0.717, 1.165) is 25.3 Å². The number of anilines is 2. The highest BCUT2D eigenvalue weighted by Gasteiger charge is 2.25. The summed E-state index contributed by atoms with van der Waals surface area (Å²) in [6.07, 6.45) is 1.19. The van der Waals surface area contributed by atoms with Gasteiger partial charge in [-0.2, -0.15) is 0 Å². The van der Waals surface area contributed by atoms with Crippen molar-refractivity contribution >= 4 is 21.2 Å². The summed E-state index contributed by atoms with van der Waals surface area (Å²) >= 11 is 0. The molecule has 1 fully saturated rings. The molecule has 0 radical (unpaired) electrons. The molecule has 19 heavy (non-hydrogen) atoms. The van der Waals surface area contributed by atoms with Crippen LogP contribution in [0.15, 0.2) is 23.1 Å². The first kappa shape index (κ1) is 14.1. The van der Waals surface area contributed by atoms with E-state index in [0.29, 0.717) is 11.7 Å². The third-order valence-electron chi connectivity index (χ3n) is 3.58. The van der Waals surface area contributed by atoms with E-state index in [1.54, 1.807) is 12.1 Å².